The first-order chi connectivity index (χ1) is 11.7. The van der Waals surface area contributed by atoms with Gasteiger partial charge in [-0.1, -0.05) is 38.5 Å². The minimum atomic E-state index is -0.181. The highest BCUT2D eigenvalue weighted by molar-refractivity contribution is 5.82. The van der Waals surface area contributed by atoms with Gasteiger partial charge in [-0.05, 0) is 60.8 Å². The van der Waals surface area contributed by atoms with Crippen LogP contribution < -0.4 is 11.4 Å². The van der Waals surface area contributed by atoms with E-state index in [-0.39, 0.29) is 5.56 Å². The molecule has 128 valence electrons. The third kappa shape index (κ3) is 2.83. The lowest BCUT2D eigenvalue weighted by atomic mass is 9.75. The smallest absolute Gasteiger partial charge is 0.293 e. The fourth-order valence-electron chi connectivity index (χ4n) is 4.78. The van der Waals surface area contributed by atoms with Crippen molar-refractivity contribution in [1.82, 2.24) is 9.89 Å². The first kappa shape index (κ1) is 15.7. The van der Waals surface area contributed by atoms with E-state index in [1.165, 1.54) is 75.3 Å². The Bertz CT molecular complexity index is 783. The van der Waals surface area contributed by atoms with Gasteiger partial charge in [0.25, 0.3) is 5.56 Å². The molecule has 2 fully saturated rings. The largest absolute Gasteiger partial charge is 0.320 e. The molecule has 0 aliphatic heterocycles. The Morgan fingerprint density at radius 3 is 2.00 bits per heavy atom. The quantitative estimate of drug-likeness (QED) is 0.842. The average molecular weight is 325 g/mol. The first-order valence-corrected chi connectivity index (χ1v) is 9.55. The predicted molar refractivity (Wildman–Crippen MR) is 97.8 cm³/mol. The fourth-order valence-corrected chi connectivity index (χ4v) is 4.78. The molecule has 4 rings (SSSR count). The maximum absolute atomic E-state index is 12.4. The summed E-state index contributed by atoms with van der Waals surface area (Å²) in [7, 11) is 0. The highest BCUT2D eigenvalue weighted by atomic mass is 16.1. The van der Waals surface area contributed by atoms with Crippen molar-refractivity contribution in [2.45, 2.75) is 76.0 Å². The Kier molecular flexibility index (Phi) is 4.30. The average Bonchev–Trinajstić information content (AvgIpc) is 2.65. The summed E-state index contributed by atoms with van der Waals surface area (Å²) < 4.78 is 0. The number of fused-ring (bicyclic) bond motifs is 1. The second kappa shape index (κ2) is 6.58. The molecule has 0 unspecified atom stereocenters. The van der Waals surface area contributed by atoms with Gasteiger partial charge in [-0.25, -0.2) is 0 Å². The lowest BCUT2D eigenvalue weighted by Crippen LogP contribution is -2.29. The minimum absolute atomic E-state index is 0.181. The van der Waals surface area contributed by atoms with E-state index in [1.807, 2.05) is 0 Å². The molecule has 0 spiro atoms. The molecule has 0 bridgehead atoms. The molecule has 4 heteroatoms. The molecule has 2 N–H and O–H groups in total. The molecule has 1 aromatic heterocycles. The second-order valence-electron chi connectivity index (χ2n) is 7.63. The van der Waals surface area contributed by atoms with Crippen LogP contribution in [0.15, 0.2) is 23.1 Å². The number of nitrogen functional groups attached to an aromatic ring is 1. The molecule has 24 heavy (non-hydrogen) atoms. The molecule has 0 saturated heterocycles. The van der Waals surface area contributed by atoms with Gasteiger partial charge in [-0.3, -0.25) is 4.79 Å². The Morgan fingerprint density at radius 1 is 0.875 bits per heavy atom. The van der Waals surface area contributed by atoms with Gasteiger partial charge in [0.15, 0.2) is 0 Å². The van der Waals surface area contributed by atoms with Crippen molar-refractivity contribution in [3.05, 3.63) is 39.8 Å². The number of rotatable bonds is 2. The number of hydrogen-bond acceptors (Lipinski definition) is 3. The molecular formula is C20H27N3O. The van der Waals surface area contributed by atoms with E-state index < -0.39 is 0 Å². The summed E-state index contributed by atoms with van der Waals surface area (Å²) in [5, 5.41) is 5.69. The number of nitrogens with two attached hydrogens (primary N) is 1. The second-order valence-corrected chi connectivity index (χ2v) is 7.63. The molecule has 2 aromatic rings. The minimum Gasteiger partial charge on any atom is -0.320 e. The Hall–Kier alpha value is -1.84. The number of aromatic nitrogens is 2. The summed E-state index contributed by atoms with van der Waals surface area (Å²) >= 11 is 0. The van der Waals surface area contributed by atoms with Crippen LogP contribution in [-0.2, 0) is 0 Å². The van der Waals surface area contributed by atoms with E-state index >= 15 is 0 Å². The van der Waals surface area contributed by atoms with Crippen LogP contribution >= 0.6 is 0 Å². The van der Waals surface area contributed by atoms with Gasteiger partial charge in [0.05, 0.1) is 11.6 Å². The van der Waals surface area contributed by atoms with Crippen molar-refractivity contribution in [3.63, 3.8) is 0 Å². The van der Waals surface area contributed by atoms with E-state index in [1.54, 1.807) is 6.20 Å². The Morgan fingerprint density at radius 2 is 1.42 bits per heavy atom. The molecule has 0 amide bonds. The van der Waals surface area contributed by atoms with E-state index in [0.717, 1.165) is 15.6 Å². The lowest BCUT2D eigenvalue weighted by Gasteiger charge is -2.30. The van der Waals surface area contributed by atoms with Crippen LogP contribution in [-0.4, -0.2) is 9.89 Å². The van der Waals surface area contributed by atoms with Crippen LogP contribution in [0, 0.1) is 0 Å². The summed E-state index contributed by atoms with van der Waals surface area (Å²) in [4.78, 5) is 13.4. The zero-order chi connectivity index (χ0) is 16.5. The van der Waals surface area contributed by atoms with Gasteiger partial charge >= 0.3 is 0 Å². The summed E-state index contributed by atoms with van der Waals surface area (Å²) in [5.74, 6) is 6.95. The SMILES string of the molecule is Nn1ncc2cc(C3CCCCC3)c(C3CCCCC3)cc2c1=O. The van der Waals surface area contributed by atoms with Crippen molar-refractivity contribution in [1.29, 1.82) is 0 Å². The van der Waals surface area contributed by atoms with E-state index in [2.05, 4.69) is 17.2 Å². The molecule has 2 saturated carbocycles. The van der Waals surface area contributed by atoms with Gasteiger partial charge in [-0.2, -0.15) is 5.10 Å². The fraction of sp³-hybridized carbons (Fsp3) is 0.600. The van der Waals surface area contributed by atoms with E-state index in [9.17, 15) is 4.79 Å². The number of nitrogens with zero attached hydrogens (tertiary/aromatic N) is 2. The number of hydrogen-bond donors (Lipinski definition) is 1. The van der Waals surface area contributed by atoms with Crippen molar-refractivity contribution >= 4 is 10.8 Å². The van der Waals surface area contributed by atoms with Crippen molar-refractivity contribution in [2.24, 2.45) is 0 Å². The molecule has 0 radical (unpaired) electrons. The topological polar surface area (TPSA) is 60.9 Å². The summed E-state index contributed by atoms with van der Waals surface area (Å²) in [6.07, 6.45) is 14.8. The van der Waals surface area contributed by atoms with E-state index in [4.69, 9.17) is 5.84 Å². The van der Waals surface area contributed by atoms with Crippen molar-refractivity contribution < 1.29 is 0 Å². The molecular weight excluding hydrogens is 298 g/mol. The van der Waals surface area contributed by atoms with Crippen LogP contribution in [0.5, 0.6) is 0 Å². The molecule has 4 nitrogen and oxygen atoms in total. The normalized spacial score (nSPS) is 20.5. The van der Waals surface area contributed by atoms with Crippen molar-refractivity contribution in [2.75, 3.05) is 5.84 Å². The van der Waals surface area contributed by atoms with Crippen LogP contribution in [0.1, 0.15) is 87.2 Å². The van der Waals surface area contributed by atoms with Crippen molar-refractivity contribution in [3.8, 4) is 0 Å². The van der Waals surface area contributed by atoms with Gasteiger partial charge < -0.3 is 5.84 Å². The third-order valence-corrected chi connectivity index (χ3v) is 6.10. The monoisotopic (exact) mass is 325 g/mol. The van der Waals surface area contributed by atoms with Crippen LogP contribution in [0.25, 0.3) is 10.8 Å². The number of benzene rings is 1. The Balaban J connectivity index is 1.87. The third-order valence-electron chi connectivity index (χ3n) is 6.10. The molecule has 2 aliphatic carbocycles. The molecule has 0 atom stereocenters. The first-order valence-electron chi connectivity index (χ1n) is 9.55. The molecule has 1 heterocycles. The molecule has 1 aromatic carbocycles. The predicted octanol–water partition coefficient (Wildman–Crippen LogP) is 4.21. The van der Waals surface area contributed by atoms with Gasteiger partial charge in [-0.15, -0.1) is 4.79 Å². The highest BCUT2D eigenvalue weighted by Gasteiger charge is 2.25. The summed E-state index contributed by atoms with van der Waals surface area (Å²) in [5.41, 5.74) is 2.74. The highest BCUT2D eigenvalue weighted by Crippen LogP contribution is 2.42. The van der Waals surface area contributed by atoms with Crippen LogP contribution in [0.3, 0.4) is 0 Å². The zero-order valence-corrected chi connectivity index (χ0v) is 14.3. The van der Waals surface area contributed by atoms with Crippen LogP contribution in [0.2, 0.25) is 0 Å². The standard InChI is InChI=1S/C20H27N3O/c21-23-20(24)19-12-18(15-9-5-2-6-10-15)17(11-16(19)13-22-23)14-7-3-1-4-8-14/h11-15H,1-10,21H2. The summed E-state index contributed by atoms with van der Waals surface area (Å²) in [6, 6.07) is 4.41. The summed E-state index contributed by atoms with van der Waals surface area (Å²) in [6.45, 7) is 0. The van der Waals surface area contributed by atoms with Crippen LogP contribution in [0.4, 0.5) is 0 Å². The molecule has 2 aliphatic rings. The van der Waals surface area contributed by atoms with Gasteiger partial charge in [0.2, 0.25) is 0 Å². The van der Waals surface area contributed by atoms with Gasteiger partial charge in [0, 0.05) is 5.39 Å². The van der Waals surface area contributed by atoms with E-state index in [0.29, 0.717) is 11.8 Å². The maximum Gasteiger partial charge on any atom is 0.293 e. The van der Waals surface area contributed by atoms with Gasteiger partial charge in [0.1, 0.15) is 0 Å². The Labute approximate surface area is 143 Å². The zero-order valence-electron chi connectivity index (χ0n) is 14.3. The lowest BCUT2D eigenvalue weighted by molar-refractivity contribution is 0.419. The maximum atomic E-state index is 12.4.